The fourth-order valence-electron chi connectivity index (χ4n) is 2.47. The number of hydrogen-bond acceptors (Lipinski definition) is 2. The average Bonchev–Trinajstić information content (AvgIpc) is 2.64. The van der Waals surface area contributed by atoms with Crippen molar-refractivity contribution in [1.82, 2.24) is 4.90 Å². The molecule has 0 saturated heterocycles. The van der Waals surface area contributed by atoms with Crippen molar-refractivity contribution in [3.05, 3.63) is 96.1 Å². The fraction of sp³-hybridized carbons (Fsp3) is 0.0952. The fourth-order valence-corrected chi connectivity index (χ4v) is 2.47. The Morgan fingerprint density at radius 3 is 1.75 bits per heavy atom. The van der Waals surface area contributed by atoms with Crippen LogP contribution in [0.5, 0.6) is 11.5 Å². The maximum absolute atomic E-state index is 11.3. The van der Waals surface area contributed by atoms with Crippen molar-refractivity contribution in [2.24, 2.45) is 0 Å². The van der Waals surface area contributed by atoms with Crippen LogP contribution in [0.15, 0.2) is 84.9 Å². The van der Waals surface area contributed by atoms with Crippen LogP contribution >= 0.6 is 0 Å². The summed E-state index contributed by atoms with van der Waals surface area (Å²) in [6.45, 7) is 1.18. The molecule has 1 amide bonds. The number of carbonyl (C=O) groups excluding carboxylic acids is 1. The molecule has 3 rings (SSSR count). The number of amides is 1. The monoisotopic (exact) mass is 317 g/mol. The van der Waals surface area contributed by atoms with Crippen molar-refractivity contribution in [2.75, 3.05) is 0 Å². The van der Waals surface area contributed by atoms with E-state index in [1.54, 1.807) is 4.90 Å². The molecule has 0 unspecified atom stereocenters. The van der Waals surface area contributed by atoms with E-state index < -0.39 is 0 Å². The molecule has 3 nitrogen and oxygen atoms in total. The van der Waals surface area contributed by atoms with Crippen molar-refractivity contribution < 1.29 is 9.53 Å². The van der Waals surface area contributed by atoms with Gasteiger partial charge in [0.15, 0.2) is 0 Å². The number of rotatable bonds is 7. The highest BCUT2D eigenvalue weighted by atomic mass is 16.5. The first kappa shape index (κ1) is 15.8. The Bertz CT molecular complexity index is 755. The average molecular weight is 317 g/mol. The van der Waals surface area contributed by atoms with E-state index in [4.69, 9.17) is 4.74 Å². The van der Waals surface area contributed by atoms with Gasteiger partial charge in [-0.15, -0.1) is 0 Å². The van der Waals surface area contributed by atoms with Gasteiger partial charge in [-0.25, -0.2) is 0 Å². The highest BCUT2D eigenvalue weighted by Gasteiger charge is 2.05. The molecule has 0 radical (unpaired) electrons. The highest BCUT2D eigenvalue weighted by molar-refractivity contribution is 5.48. The minimum Gasteiger partial charge on any atom is -0.457 e. The number of benzene rings is 3. The summed E-state index contributed by atoms with van der Waals surface area (Å²) in [5, 5.41) is 0. The molecule has 3 aromatic rings. The summed E-state index contributed by atoms with van der Waals surface area (Å²) in [5.41, 5.74) is 2.19. The van der Waals surface area contributed by atoms with Crippen LogP contribution in [0.1, 0.15) is 11.1 Å². The zero-order chi connectivity index (χ0) is 16.6. The summed E-state index contributed by atoms with van der Waals surface area (Å²) < 4.78 is 5.78. The predicted octanol–water partition coefficient (Wildman–Crippen LogP) is 4.64. The smallest absolute Gasteiger partial charge is 0.210 e. The van der Waals surface area contributed by atoms with Crippen molar-refractivity contribution in [3.63, 3.8) is 0 Å². The predicted molar refractivity (Wildman–Crippen MR) is 94.7 cm³/mol. The van der Waals surface area contributed by atoms with Crippen molar-refractivity contribution >= 4 is 6.41 Å². The molecule has 0 aliphatic heterocycles. The summed E-state index contributed by atoms with van der Waals surface area (Å²) in [4.78, 5) is 13.1. The standard InChI is InChI=1S/C21H19NO2/c23-17-22(15-18-7-3-1-4-8-18)16-19-11-13-21(14-12-19)24-20-9-5-2-6-10-20/h1-14,17H,15-16H2. The third-order valence-corrected chi connectivity index (χ3v) is 3.67. The van der Waals surface area contributed by atoms with Gasteiger partial charge in [0, 0.05) is 13.1 Å². The van der Waals surface area contributed by atoms with E-state index in [0.717, 1.165) is 29.0 Å². The molecule has 0 aromatic heterocycles. The van der Waals surface area contributed by atoms with Gasteiger partial charge in [0.2, 0.25) is 6.41 Å². The first-order valence-electron chi connectivity index (χ1n) is 7.88. The second kappa shape index (κ2) is 7.97. The van der Waals surface area contributed by atoms with Crippen LogP contribution in [0.3, 0.4) is 0 Å². The summed E-state index contributed by atoms with van der Waals surface area (Å²) in [6.07, 6.45) is 0.890. The molecule has 24 heavy (non-hydrogen) atoms. The largest absolute Gasteiger partial charge is 0.457 e. The van der Waals surface area contributed by atoms with E-state index in [0.29, 0.717) is 13.1 Å². The molecule has 0 atom stereocenters. The van der Waals surface area contributed by atoms with Crippen molar-refractivity contribution in [3.8, 4) is 11.5 Å². The second-order valence-electron chi connectivity index (χ2n) is 5.56. The van der Waals surface area contributed by atoms with Crippen LogP contribution in [0.25, 0.3) is 0 Å². The topological polar surface area (TPSA) is 29.5 Å². The molecule has 0 saturated carbocycles. The minimum atomic E-state index is 0.573. The third kappa shape index (κ3) is 4.46. The molecule has 0 fully saturated rings. The lowest BCUT2D eigenvalue weighted by atomic mass is 10.2. The van der Waals surface area contributed by atoms with Gasteiger partial charge in [-0.1, -0.05) is 60.7 Å². The maximum Gasteiger partial charge on any atom is 0.210 e. The Hall–Kier alpha value is -3.07. The summed E-state index contributed by atoms with van der Waals surface area (Å²) in [5.74, 6) is 1.59. The molecule has 0 spiro atoms. The quantitative estimate of drug-likeness (QED) is 0.594. The van der Waals surface area contributed by atoms with Crippen molar-refractivity contribution in [2.45, 2.75) is 13.1 Å². The molecular weight excluding hydrogens is 298 g/mol. The Morgan fingerprint density at radius 1 is 0.667 bits per heavy atom. The third-order valence-electron chi connectivity index (χ3n) is 3.67. The molecule has 0 N–H and O–H groups in total. The molecule has 0 aliphatic carbocycles. The Morgan fingerprint density at radius 2 is 1.17 bits per heavy atom. The van der Waals surface area contributed by atoms with Gasteiger partial charge in [0.05, 0.1) is 0 Å². The minimum absolute atomic E-state index is 0.573. The van der Waals surface area contributed by atoms with Crippen molar-refractivity contribution in [1.29, 1.82) is 0 Å². The van der Waals surface area contributed by atoms with Gasteiger partial charge in [0.1, 0.15) is 11.5 Å². The highest BCUT2D eigenvalue weighted by Crippen LogP contribution is 2.21. The Kier molecular flexibility index (Phi) is 5.25. The Balaban J connectivity index is 1.61. The summed E-state index contributed by atoms with van der Waals surface area (Å²) >= 11 is 0. The first-order valence-corrected chi connectivity index (χ1v) is 7.88. The maximum atomic E-state index is 11.3. The summed E-state index contributed by atoms with van der Waals surface area (Å²) in [7, 11) is 0. The molecule has 0 bridgehead atoms. The van der Waals surface area contributed by atoms with E-state index in [9.17, 15) is 4.79 Å². The molecule has 3 heteroatoms. The zero-order valence-electron chi connectivity index (χ0n) is 13.3. The van der Waals surface area contributed by atoms with Gasteiger partial charge in [-0.05, 0) is 35.4 Å². The normalized spacial score (nSPS) is 10.2. The molecule has 120 valence electrons. The van der Waals surface area contributed by atoms with Gasteiger partial charge < -0.3 is 9.64 Å². The lowest BCUT2D eigenvalue weighted by Gasteiger charge is -2.17. The number of hydrogen-bond donors (Lipinski definition) is 0. The van der Waals surface area contributed by atoms with Crippen LogP contribution in [-0.2, 0) is 17.9 Å². The van der Waals surface area contributed by atoms with Gasteiger partial charge in [-0.3, -0.25) is 4.79 Å². The zero-order valence-corrected chi connectivity index (χ0v) is 13.3. The number of para-hydroxylation sites is 1. The SMILES string of the molecule is O=CN(Cc1ccccc1)Cc1ccc(Oc2ccccc2)cc1. The van der Waals surface area contributed by atoms with Crippen LogP contribution in [0, 0.1) is 0 Å². The number of carbonyl (C=O) groups is 1. The van der Waals surface area contributed by atoms with Gasteiger partial charge in [0.25, 0.3) is 0 Å². The first-order chi connectivity index (χ1) is 11.8. The van der Waals surface area contributed by atoms with E-state index >= 15 is 0 Å². The van der Waals surface area contributed by atoms with Crippen LogP contribution in [0.2, 0.25) is 0 Å². The van der Waals surface area contributed by atoms with E-state index in [-0.39, 0.29) is 0 Å². The van der Waals surface area contributed by atoms with E-state index in [1.807, 2.05) is 84.9 Å². The number of ether oxygens (including phenoxy) is 1. The van der Waals surface area contributed by atoms with E-state index in [2.05, 4.69) is 0 Å². The molecule has 0 aliphatic rings. The lowest BCUT2D eigenvalue weighted by molar-refractivity contribution is -0.119. The van der Waals surface area contributed by atoms with Crippen LogP contribution in [0.4, 0.5) is 0 Å². The number of nitrogens with zero attached hydrogens (tertiary/aromatic N) is 1. The van der Waals surface area contributed by atoms with Gasteiger partial charge in [-0.2, -0.15) is 0 Å². The van der Waals surface area contributed by atoms with E-state index in [1.165, 1.54) is 0 Å². The van der Waals surface area contributed by atoms with Crippen LogP contribution < -0.4 is 4.74 Å². The van der Waals surface area contributed by atoms with Gasteiger partial charge >= 0.3 is 0 Å². The molecule has 0 heterocycles. The molecular formula is C21H19NO2. The molecule has 3 aromatic carbocycles. The lowest BCUT2D eigenvalue weighted by Crippen LogP contribution is -2.20. The summed E-state index contributed by atoms with van der Waals surface area (Å²) in [6, 6.07) is 27.5. The second-order valence-corrected chi connectivity index (χ2v) is 5.56. The Labute approximate surface area is 142 Å². The van der Waals surface area contributed by atoms with Crippen LogP contribution in [-0.4, -0.2) is 11.3 Å².